The molecule has 1 saturated heterocycles. The third-order valence-corrected chi connectivity index (χ3v) is 3.87. The van der Waals surface area contributed by atoms with E-state index in [1.165, 1.54) is 0 Å². The van der Waals surface area contributed by atoms with Gasteiger partial charge in [0.05, 0.1) is 16.4 Å². The van der Waals surface area contributed by atoms with Crippen molar-refractivity contribution in [2.45, 2.75) is 26.4 Å². The average Bonchev–Trinajstić information content (AvgIpc) is 2.63. The summed E-state index contributed by atoms with van der Waals surface area (Å²) in [6, 6.07) is 0.285. The molecule has 1 aliphatic heterocycles. The number of rotatable bonds is 2. The standard InChI is InChI=1S/C11H19ClN4/c1-7-4-16(5-9(7)13)6-10-11(12)8(2)14-15(10)3/h7,9H,4-6,13H2,1-3H3. The predicted octanol–water partition coefficient (Wildman–Crippen LogP) is 1.16. The van der Waals surface area contributed by atoms with Gasteiger partial charge in [-0.15, -0.1) is 0 Å². The van der Waals surface area contributed by atoms with Gasteiger partial charge in [0.2, 0.25) is 0 Å². The van der Waals surface area contributed by atoms with E-state index in [0.717, 1.165) is 36.0 Å². The second kappa shape index (κ2) is 4.35. The SMILES string of the molecule is Cc1nn(C)c(CN2CC(C)C(N)C2)c1Cl. The number of hydrogen-bond acceptors (Lipinski definition) is 3. The molecule has 2 N–H and O–H groups in total. The molecule has 4 nitrogen and oxygen atoms in total. The molecule has 0 radical (unpaired) electrons. The average molecular weight is 243 g/mol. The molecular formula is C11H19ClN4. The maximum absolute atomic E-state index is 6.22. The molecule has 2 unspecified atom stereocenters. The largest absolute Gasteiger partial charge is 0.326 e. The van der Waals surface area contributed by atoms with Crippen molar-refractivity contribution < 1.29 is 0 Å². The first kappa shape index (κ1) is 11.9. The lowest BCUT2D eigenvalue weighted by atomic mass is 10.1. The van der Waals surface area contributed by atoms with Crippen molar-refractivity contribution in [2.75, 3.05) is 13.1 Å². The minimum atomic E-state index is 0.285. The number of hydrogen-bond donors (Lipinski definition) is 1. The van der Waals surface area contributed by atoms with Crippen LogP contribution in [0.1, 0.15) is 18.3 Å². The molecule has 0 amide bonds. The fourth-order valence-electron chi connectivity index (χ4n) is 2.29. The Labute approximate surface area is 101 Å². The summed E-state index contributed by atoms with van der Waals surface area (Å²) in [5, 5.41) is 5.11. The zero-order valence-corrected chi connectivity index (χ0v) is 10.8. The van der Waals surface area contributed by atoms with Gasteiger partial charge in [0.25, 0.3) is 0 Å². The van der Waals surface area contributed by atoms with E-state index in [4.69, 9.17) is 17.3 Å². The summed E-state index contributed by atoms with van der Waals surface area (Å²) in [4.78, 5) is 2.34. The highest BCUT2D eigenvalue weighted by atomic mass is 35.5. The maximum Gasteiger partial charge on any atom is 0.0860 e. The Balaban J connectivity index is 2.10. The molecule has 1 fully saturated rings. The van der Waals surface area contributed by atoms with Crippen LogP contribution in [0.4, 0.5) is 0 Å². The van der Waals surface area contributed by atoms with Crippen LogP contribution in [0.15, 0.2) is 0 Å². The minimum Gasteiger partial charge on any atom is -0.326 e. The highest BCUT2D eigenvalue weighted by Gasteiger charge is 2.27. The number of aromatic nitrogens is 2. The summed E-state index contributed by atoms with van der Waals surface area (Å²) in [6.45, 7) is 6.96. The topological polar surface area (TPSA) is 47.1 Å². The number of halogens is 1. The quantitative estimate of drug-likeness (QED) is 0.847. The van der Waals surface area contributed by atoms with Crippen molar-refractivity contribution >= 4 is 11.6 Å². The van der Waals surface area contributed by atoms with E-state index < -0.39 is 0 Å². The summed E-state index contributed by atoms with van der Waals surface area (Å²) in [5.74, 6) is 0.563. The second-order valence-electron chi connectivity index (χ2n) is 4.80. The van der Waals surface area contributed by atoms with Crippen molar-refractivity contribution in [3.63, 3.8) is 0 Å². The van der Waals surface area contributed by atoms with Gasteiger partial charge in [0.1, 0.15) is 0 Å². The summed E-state index contributed by atoms with van der Waals surface area (Å²) < 4.78 is 1.87. The van der Waals surface area contributed by atoms with Crippen molar-refractivity contribution in [1.29, 1.82) is 0 Å². The van der Waals surface area contributed by atoms with Crippen LogP contribution < -0.4 is 5.73 Å². The molecule has 16 heavy (non-hydrogen) atoms. The Morgan fingerprint density at radius 3 is 2.62 bits per heavy atom. The first-order chi connectivity index (χ1) is 7.49. The molecule has 1 aromatic heterocycles. The number of aryl methyl sites for hydroxylation is 2. The monoisotopic (exact) mass is 242 g/mol. The van der Waals surface area contributed by atoms with Gasteiger partial charge in [-0.05, 0) is 12.8 Å². The molecule has 0 aromatic carbocycles. The van der Waals surface area contributed by atoms with Gasteiger partial charge in [-0.2, -0.15) is 5.10 Å². The van der Waals surface area contributed by atoms with Gasteiger partial charge in [0.15, 0.2) is 0 Å². The van der Waals surface area contributed by atoms with Crippen LogP contribution in [0, 0.1) is 12.8 Å². The first-order valence-electron chi connectivity index (χ1n) is 5.65. The number of likely N-dealkylation sites (tertiary alicyclic amines) is 1. The van der Waals surface area contributed by atoms with E-state index in [1.54, 1.807) is 0 Å². The maximum atomic E-state index is 6.22. The Kier molecular flexibility index (Phi) is 3.24. The van der Waals surface area contributed by atoms with Crippen LogP contribution in [0.5, 0.6) is 0 Å². The van der Waals surface area contributed by atoms with Gasteiger partial charge in [-0.3, -0.25) is 9.58 Å². The van der Waals surface area contributed by atoms with E-state index in [-0.39, 0.29) is 6.04 Å². The smallest absolute Gasteiger partial charge is 0.0860 e. The molecule has 2 heterocycles. The molecular weight excluding hydrogens is 224 g/mol. The molecule has 0 bridgehead atoms. The van der Waals surface area contributed by atoms with Crippen LogP contribution in [0.25, 0.3) is 0 Å². The Morgan fingerprint density at radius 2 is 2.19 bits per heavy atom. The van der Waals surface area contributed by atoms with Gasteiger partial charge in [-0.25, -0.2) is 0 Å². The molecule has 90 valence electrons. The molecule has 0 spiro atoms. The number of nitrogens with two attached hydrogens (primary N) is 1. The van der Waals surface area contributed by atoms with E-state index in [2.05, 4.69) is 16.9 Å². The lowest BCUT2D eigenvalue weighted by Gasteiger charge is -2.15. The first-order valence-corrected chi connectivity index (χ1v) is 6.02. The lowest BCUT2D eigenvalue weighted by Crippen LogP contribution is -2.28. The van der Waals surface area contributed by atoms with Gasteiger partial charge >= 0.3 is 0 Å². The fourth-order valence-corrected chi connectivity index (χ4v) is 2.51. The van der Waals surface area contributed by atoms with Crippen molar-refractivity contribution in [3.8, 4) is 0 Å². The van der Waals surface area contributed by atoms with E-state index >= 15 is 0 Å². The zero-order valence-electron chi connectivity index (χ0n) is 10.1. The third kappa shape index (κ3) is 2.10. The zero-order chi connectivity index (χ0) is 11.9. The van der Waals surface area contributed by atoms with Crippen molar-refractivity contribution in [2.24, 2.45) is 18.7 Å². The summed E-state index contributed by atoms with van der Waals surface area (Å²) >= 11 is 6.22. The van der Waals surface area contributed by atoms with Crippen LogP contribution in [-0.2, 0) is 13.6 Å². The molecule has 2 atom stereocenters. The second-order valence-corrected chi connectivity index (χ2v) is 5.18. The predicted molar refractivity (Wildman–Crippen MR) is 65.4 cm³/mol. The Morgan fingerprint density at radius 1 is 1.50 bits per heavy atom. The lowest BCUT2D eigenvalue weighted by molar-refractivity contribution is 0.309. The normalized spacial score (nSPS) is 26.6. The van der Waals surface area contributed by atoms with Gasteiger partial charge in [0, 0.05) is 32.7 Å². The molecule has 0 aliphatic carbocycles. The summed E-state index contributed by atoms with van der Waals surface area (Å²) in [6.07, 6.45) is 0. The van der Waals surface area contributed by atoms with Crippen molar-refractivity contribution in [3.05, 3.63) is 16.4 Å². The molecule has 2 rings (SSSR count). The van der Waals surface area contributed by atoms with Crippen LogP contribution >= 0.6 is 11.6 Å². The van der Waals surface area contributed by atoms with Crippen LogP contribution in [0.3, 0.4) is 0 Å². The van der Waals surface area contributed by atoms with E-state index in [1.807, 2.05) is 18.7 Å². The highest BCUT2D eigenvalue weighted by Crippen LogP contribution is 2.23. The third-order valence-electron chi connectivity index (χ3n) is 3.38. The minimum absolute atomic E-state index is 0.285. The fraction of sp³-hybridized carbons (Fsp3) is 0.727. The van der Waals surface area contributed by atoms with Crippen LogP contribution in [0.2, 0.25) is 5.02 Å². The van der Waals surface area contributed by atoms with Gasteiger partial charge in [-0.1, -0.05) is 18.5 Å². The van der Waals surface area contributed by atoms with Crippen molar-refractivity contribution in [1.82, 2.24) is 14.7 Å². The Hall–Kier alpha value is -0.580. The van der Waals surface area contributed by atoms with E-state index in [0.29, 0.717) is 5.92 Å². The van der Waals surface area contributed by atoms with Crippen LogP contribution in [-0.4, -0.2) is 33.8 Å². The molecule has 0 saturated carbocycles. The molecule has 1 aliphatic rings. The Bertz CT molecular complexity index is 378. The molecule has 1 aromatic rings. The van der Waals surface area contributed by atoms with E-state index in [9.17, 15) is 0 Å². The number of nitrogens with zero attached hydrogens (tertiary/aromatic N) is 3. The summed E-state index contributed by atoms with van der Waals surface area (Å²) in [7, 11) is 1.94. The summed E-state index contributed by atoms with van der Waals surface area (Å²) in [5.41, 5.74) is 7.99. The highest BCUT2D eigenvalue weighted by molar-refractivity contribution is 6.31. The van der Waals surface area contributed by atoms with Gasteiger partial charge < -0.3 is 5.73 Å². The molecule has 5 heteroatoms.